The van der Waals surface area contributed by atoms with E-state index in [2.05, 4.69) is 10.3 Å². The van der Waals surface area contributed by atoms with E-state index in [1.54, 1.807) is 6.07 Å². The average molecular weight is 397 g/mol. The highest BCUT2D eigenvalue weighted by atomic mass is 32.2. The Balaban J connectivity index is 1.57. The molecule has 140 valence electrons. The van der Waals surface area contributed by atoms with Gasteiger partial charge in [-0.1, -0.05) is 17.8 Å². The van der Waals surface area contributed by atoms with Gasteiger partial charge in [-0.3, -0.25) is 4.79 Å². The second-order valence-corrected chi connectivity index (χ2v) is 9.32. The first kappa shape index (κ1) is 17.5. The van der Waals surface area contributed by atoms with Crippen molar-refractivity contribution in [1.82, 2.24) is 9.29 Å². The molecule has 2 aromatic rings. The Morgan fingerprint density at radius 1 is 1.27 bits per heavy atom. The van der Waals surface area contributed by atoms with Crippen molar-refractivity contribution in [3.05, 3.63) is 12.1 Å². The summed E-state index contributed by atoms with van der Waals surface area (Å²) in [7, 11) is -3.43. The quantitative estimate of drug-likeness (QED) is 0.848. The zero-order valence-electron chi connectivity index (χ0n) is 14.2. The van der Waals surface area contributed by atoms with Gasteiger partial charge in [-0.15, -0.1) is 0 Å². The molecule has 3 heterocycles. The fourth-order valence-electron chi connectivity index (χ4n) is 3.27. The van der Waals surface area contributed by atoms with Gasteiger partial charge in [0.2, 0.25) is 15.9 Å². The van der Waals surface area contributed by atoms with Crippen molar-refractivity contribution in [2.45, 2.75) is 25.3 Å². The summed E-state index contributed by atoms with van der Waals surface area (Å²) < 4.78 is 37.1. The third-order valence-electron chi connectivity index (χ3n) is 4.46. The van der Waals surface area contributed by atoms with Gasteiger partial charge in [0, 0.05) is 18.7 Å². The number of piperidine rings is 1. The summed E-state index contributed by atoms with van der Waals surface area (Å²) in [6, 6.07) is 2.95. The van der Waals surface area contributed by atoms with Crippen molar-refractivity contribution in [2.24, 2.45) is 0 Å². The topological polar surface area (TPSA) is 97.8 Å². The molecule has 2 aliphatic heterocycles. The molecule has 10 heteroatoms. The molecule has 26 heavy (non-hydrogen) atoms. The van der Waals surface area contributed by atoms with E-state index in [4.69, 9.17) is 9.47 Å². The first-order valence-electron chi connectivity index (χ1n) is 8.40. The fraction of sp³-hybridized carbons (Fsp3) is 0.500. The minimum Gasteiger partial charge on any atom is -0.486 e. The van der Waals surface area contributed by atoms with Gasteiger partial charge in [0.15, 0.2) is 16.6 Å². The molecule has 1 amide bonds. The van der Waals surface area contributed by atoms with Crippen LogP contribution in [-0.2, 0) is 14.8 Å². The number of fused-ring (bicyclic) bond motifs is 2. The van der Waals surface area contributed by atoms with Gasteiger partial charge in [0.1, 0.15) is 19.3 Å². The van der Waals surface area contributed by atoms with E-state index >= 15 is 0 Å². The van der Waals surface area contributed by atoms with E-state index in [9.17, 15) is 13.2 Å². The number of amides is 1. The van der Waals surface area contributed by atoms with E-state index in [1.807, 2.05) is 6.07 Å². The molecule has 1 saturated heterocycles. The number of benzene rings is 1. The van der Waals surface area contributed by atoms with Gasteiger partial charge in [0.05, 0.1) is 16.5 Å². The predicted octanol–water partition coefficient (Wildman–Crippen LogP) is 1.82. The summed E-state index contributed by atoms with van der Waals surface area (Å²) in [6.07, 6.45) is 3.25. The Labute approximate surface area is 155 Å². The number of aromatic nitrogens is 1. The van der Waals surface area contributed by atoms with Crippen molar-refractivity contribution in [3.8, 4) is 11.5 Å². The minimum absolute atomic E-state index is 0.341. The van der Waals surface area contributed by atoms with Gasteiger partial charge in [-0.2, -0.15) is 4.31 Å². The smallest absolute Gasteiger partial charge is 0.244 e. The number of thiazole rings is 1. The van der Waals surface area contributed by atoms with E-state index in [0.717, 1.165) is 23.8 Å². The van der Waals surface area contributed by atoms with E-state index in [-0.39, 0.29) is 5.91 Å². The van der Waals surface area contributed by atoms with Crippen molar-refractivity contribution in [2.75, 3.05) is 31.3 Å². The first-order chi connectivity index (χ1) is 12.4. The van der Waals surface area contributed by atoms with Crippen molar-refractivity contribution < 1.29 is 22.7 Å². The fourth-order valence-corrected chi connectivity index (χ4v) is 5.27. The molecule has 0 bridgehead atoms. The molecule has 0 saturated carbocycles. The molecular formula is C16H19N3O5S2. The van der Waals surface area contributed by atoms with E-state index in [1.165, 1.54) is 15.6 Å². The number of ether oxygens (including phenoxy) is 2. The van der Waals surface area contributed by atoms with Gasteiger partial charge in [0.25, 0.3) is 0 Å². The van der Waals surface area contributed by atoms with Gasteiger partial charge < -0.3 is 14.8 Å². The number of anilines is 1. The van der Waals surface area contributed by atoms with Crippen LogP contribution < -0.4 is 14.8 Å². The normalized spacial score (nSPS) is 20.9. The molecular weight excluding hydrogens is 378 g/mol. The van der Waals surface area contributed by atoms with Gasteiger partial charge in [-0.25, -0.2) is 13.4 Å². The standard InChI is InChI=1S/C16H19N3O5S2/c1-26(21,22)19-5-3-2-4-11(19)15(20)18-16-17-10-8-12-13(9-14(10)25-16)24-7-6-23-12/h8-9,11H,2-7H2,1H3,(H,17,18,20)/t11-/m0/s1. The third kappa shape index (κ3) is 3.36. The van der Waals surface area contributed by atoms with Gasteiger partial charge >= 0.3 is 0 Å². The summed E-state index contributed by atoms with van der Waals surface area (Å²) in [5.41, 5.74) is 0.707. The molecule has 0 spiro atoms. The maximum atomic E-state index is 12.7. The molecule has 1 atom stereocenters. The summed E-state index contributed by atoms with van der Waals surface area (Å²) in [6.45, 7) is 1.37. The third-order valence-corrected chi connectivity index (χ3v) is 6.69. The van der Waals surface area contributed by atoms with Crippen LogP contribution in [-0.4, -0.2) is 55.7 Å². The summed E-state index contributed by atoms with van der Waals surface area (Å²) in [4.78, 5) is 17.1. The van der Waals surface area contributed by atoms with Crippen LogP contribution in [0.25, 0.3) is 10.2 Å². The Kier molecular flexibility index (Phi) is 4.49. The Morgan fingerprint density at radius 2 is 2.00 bits per heavy atom. The highest BCUT2D eigenvalue weighted by molar-refractivity contribution is 7.88. The maximum absolute atomic E-state index is 12.7. The summed E-state index contributed by atoms with van der Waals surface area (Å²) >= 11 is 1.32. The van der Waals surface area contributed by atoms with Crippen LogP contribution in [0.3, 0.4) is 0 Å². The second kappa shape index (κ2) is 6.67. The second-order valence-electron chi connectivity index (χ2n) is 6.36. The molecule has 2 aliphatic rings. The molecule has 0 aliphatic carbocycles. The lowest BCUT2D eigenvalue weighted by atomic mass is 10.0. The highest BCUT2D eigenvalue weighted by Gasteiger charge is 2.34. The Hall–Kier alpha value is -1.91. The van der Waals surface area contributed by atoms with Crippen LogP contribution in [0.15, 0.2) is 12.1 Å². The number of carbonyl (C=O) groups is 1. The summed E-state index contributed by atoms with van der Waals surface area (Å²) in [5, 5.41) is 3.21. The van der Waals surface area contributed by atoms with Crippen molar-refractivity contribution in [3.63, 3.8) is 0 Å². The van der Waals surface area contributed by atoms with E-state index in [0.29, 0.717) is 48.3 Å². The summed E-state index contributed by atoms with van der Waals surface area (Å²) in [5.74, 6) is 0.967. The van der Waals surface area contributed by atoms with Crippen LogP contribution in [0.1, 0.15) is 19.3 Å². The number of carbonyl (C=O) groups excluding carboxylic acids is 1. The number of nitrogens with one attached hydrogen (secondary N) is 1. The first-order valence-corrected chi connectivity index (χ1v) is 11.1. The van der Waals surface area contributed by atoms with Crippen LogP contribution in [0.2, 0.25) is 0 Å². The van der Waals surface area contributed by atoms with Crippen LogP contribution in [0.4, 0.5) is 5.13 Å². The lowest BCUT2D eigenvalue weighted by Gasteiger charge is -2.32. The highest BCUT2D eigenvalue weighted by Crippen LogP contribution is 2.38. The molecule has 0 unspecified atom stereocenters. The monoisotopic (exact) mass is 397 g/mol. The number of nitrogens with zero attached hydrogens (tertiary/aromatic N) is 2. The number of sulfonamides is 1. The van der Waals surface area contributed by atoms with Gasteiger partial charge in [-0.05, 0) is 12.8 Å². The van der Waals surface area contributed by atoms with Crippen LogP contribution in [0, 0.1) is 0 Å². The average Bonchev–Trinajstić information content (AvgIpc) is 2.99. The SMILES string of the molecule is CS(=O)(=O)N1CCCC[C@H]1C(=O)Nc1nc2cc3c(cc2s1)OCCO3. The number of hydrogen-bond donors (Lipinski definition) is 1. The number of rotatable bonds is 3. The number of hydrogen-bond acceptors (Lipinski definition) is 7. The maximum Gasteiger partial charge on any atom is 0.244 e. The van der Waals surface area contributed by atoms with Crippen molar-refractivity contribution >= 4 is 42.6 Å². The molecule has 4 rings (SSSR count). The largest absolute Gasteiger partial charge is 0.486 e. The molecule has 8 nitrogen and oxygen atoms in total. The predicted molar refractivity (Wildman–Crippen MR) is 98.4 cm³/mol. The van der Waals surface area contributed by atoms with E-state index < -0.39 is 16.1 Å². The molecule has 1 fully saturated rings. The van der Waals surface area contributed by atoms with Crippen molar-refractivity contribution in [1.29, 1.82) is 0 Å². The van der Waals surface area contributed by atoms with Crippen LogP contribution >= 0.6 is 11.3 Å². The Bertz CT molecular complexity index is 913. The zero-order valence-corrected chi connectivity index (χ0v) is 15.9. The minimum atomic E-state index is -3.43. The Morgan fingerprint density at radius 3 is 2.73 bits per heavy atom. The molecule has 1 N–H and O–H groups in total. The van der Waals surface area contributed by atoms with Crippen LogP contribution in [0.5, 0.6) is 11.5 Å². The molecule has 0 radical (unpaired) electrons. The zero-order chi connectivity index (χ0) is 18.3. The molecule has 1 aromatic carbocycles. The lowest BCUT2D eigenvalue weighted by molar-refractivity contribution is -0.120. The lowest BCUT2D eigenvalue weighted by Crippen LogP contribution is -2.49. The molecule has 1 aromatic heterocycles.